The van der Waals surface area contributed by atoms with E-state index in [0.29, 0.717) is 0 Å². The van der Waals surface area contributed by atoms with Gasteiger partial charge in [0.25, 0.3) is 0 Å². The van der Waals surface area contributed by atoms with Gasteiger partial charge in [-0.3, -0.25) is 0 Å². The van der Waals surface area contributed by atoms with Crippen molar-refractivity contribution < 1.29 is 0 Å². The summed E-state index contributed by atoms with van der Waals surface area (Å²) in [5.74, 6) is 0. The lowest BCUT2D eigenvalue weighted by atomic mass is 10.9. The first-order chi connectivity index (χ1) is 3.68. The van der Waals surface area contributed by atoms with Crippen LogP contribution in [0.15, 0.2) is 12.3 Å². The van der Waals surface area contributed by atoms with Crippen molar-refractivity contribution in [2.45, 2.75) is 32.5 Å². The van der Waals surface area contributed by atoms with Crippen molar-refractivity contribution in [1.82, 2.24) is 0 Å². The molecule has 0 saturated heterocycles. The normalized spacial score (nSPS) is 11.4. The highest BCUT2D eigenvalue weighted by Crippen LogP contribution is 2.14. The van der Waals surface area contributed by atoms with E-state index in [1.165, 1.54) is 12.1 Å². The molecule has 0 fully saturated rings. The molecular formula is C7H16Si. The minimum absolute atomic E-state index is 0.907. The van der Waals surface area contributed by atoms with Crippen LogP contribution in [0.4, 0.5) is 0 Å². The van der Waals surface area contributed by atoms with Crippen molar-refractivity contribution >= 4 is 8.07 Å². The van der Waals surface area contributed by atoms with Crippen LogP contribution in [0, 0.1) is 0 Å². The topological polar surface area (TPSA) is 0 Å². The molecule has 0 aromatic heterocycles. The van der Waals surface area contributed by atoms with E-state index in [0.717, 1.165) is 0 Å². The molecule has 48 valence electrons. The van der Waals surface area contributed by atoms with Gasteiger partial charge in [-0.2, -0.15) is 0 Å². The summed E-state index contributed by atoms with van der Waals surface area (Å²) >= 11 is 0. The smallest absolute Gasteiger partial charge is 0.0734 e. The SMILES string of the molecule is C=C[Si](C)(CC)CC. The molecule has 0 radical (unpaired) electrons. The number of rotatable bonds is 3. The van der Waals surface area contributed by atoms with Crippen LogP contribution in [0.3, 0.4) is 0 Å². The van der Waals surface area contributed by atoms with E-state index in [9.17, 15) is 0 Å². The van der Waals surface area contributed by atoms with E-state index >= 15 is 0 Å². The lowest BCUT2D eigenvalue weighted by Gasteiger charge is -2.17. The molecular weight excluding hydrogens is 112 g/mol. The molecule has 0 bridgehead atoms. The van der Waals surface area contributed by atoms with Gasteiger partial charge >= 0.3 is 0 Å². The molecule has 0 aliphatic carbocycles. The summed E-state index contributed by atoms with van der Waals surface area (Å²) in [5.41, 5.74) is 2.19. The molecule has 0 atom stereocenters. The molecule has 0 saturated carbocycles. The van der Waals surface area contributed by atoms with Crippen LogP contribution in [0.2, 0.25) is 18.6 Å². The average molecular weight is 128 g/mol. The molecule has 0 spiro atoms. The van der Waals surface area contributed by atoms with Gasteiger partial charge in [0, 0.05) is 0 Å². The van der Waals surface area contributed by atoms with Crippen molar-refractivity contribution in [2.24, 2.45) is 0 Å². The largest absolute Gasteiger partial charge is 0.107 e. The fourth-order valence-electron chi connectivity index (χ4n) is 0.539. The zero-order valence-corrected chi connectivity index (χ0v) is 7.20. The minimum Gasteiger partial charge on any atom is -0.107 e. The van der Waals surface area contributed by atoms with Crippen molar-refractivity contribution in [3.63, 3.8) is 0 Å². The second-order valence-corrected chi connectivity index (χ2v) is 7.70. The van der Waals surface area contributed by atoms with Gasteiger partial charge in [-0.1, -0.05) is 32.5 Å². The maximum Gasteiger partial charge on any atom is 0.0734 e. The highest BCUT2D eigenvalue weighted by atomic mass is 28.3. The van der Waals surface area contributed by atoms with Gasteiger partial charge in [0.15, 0.2) is 0 Å². The third kappa shape index (κ3) is 1.82. The highest BCUT2D eigenvalue weighted by molar-refractivity contribution is 6.83. The molecule has 0 aromatic carbocycles. The quantitative estimate of drug-likeness (QED) is 0.513. The van der Waals surface area contributed by atoms with Crippen LogP contribution in [0.25, 0.3) is 0 Å². The molecule has 0 N–H and O–H groups in total. The van der Waals surface area contributed by atoms with Crippen LogP contribution >= 0.6 is 0 Å². The Labute approximate surface area is 53.6 Å². The molecule has 0 heterocycles. The predicted octanol–water partition coefficient (Wildman–Crippen LogP) is 2.83. The van der Waals surface area contributed by atoms with E-state index in [1.807, 2.05) is 0 Å². The summed E-state index contributed by atoms with van der Waals surface area (Å²) in [6.07, 6.45) is 0. The third-order valence-corrected chi connectivity index (χ3v) is 6.32. The molecule has 0 aliphatic heterocycles. The summed E-state index contributed by atoms with van der Waals surface area (Å²) in [4.78, 5) is 0. The second kappa shape index (κ2) is 3.08. The van der Waals surface area contributed by atoms with Gasteiger partial charge in [-0.15, -0.1) is 12.3 Å². The molecule has 1 heteroatoms. The average Bonchev–Trinajstić information content (AvgIpc) is 1.87. The Morgan fingerprint density at radius 1 is 1.38 bits per heavy atom. The first-order valence-corrected chi connectivity index (χ1v) is 6.31. The van der Waals surface area contributed by atoms with Crippen molar-refractivity contribution in [2.75, 3.05) is 0 Å². The summed E-state index contributed by atoms with van der Waals surface area (Å²) in [7, 11) is -0.907. The van der Waals surface area contributed by atoms with Crippen LogP contribution in [0.5, 0.6) is 0 Å². The molecule has 8 heavy (non-hydrogen) atoms. The maximum atomic E-state index is 3.84. The molecule has 0 unspecified atom stereocenters. The number of hydrogen-bond acceptors (Lipinski definition) is 0. The lowest BCUT2D eigenvalue weighted by Crippen LogP contribution is -2.23. The van der Waals surface area contributed by atoms with Gasteiger partial charge in [-0.05, 0) is 0 Å². The molecule has 0 amide bonds. The van der Waals surface area contributed by atoms with E-state index in [-0.39, 0.29) is 0 Å². The van der Waals surface area contributed by atoms with E-state index in [1.54, 1.807) is 0 Å². The summed E-state index contributed by atoms with van der Waals surface area (Å²) in [6.45, 7) is 10.7. The highest BCUT2D eigenvalue weighted by Gasteiger charge is 2.16. The van der Waals surface area contributed by atoms with Crippen LogP contribution in [-0.2, 0) is 0 Å². The fraction of sp³-hybridized carbons (Fsp3) is 0.714. The lowest BCUT2D eigenvalue weighted by molar-refractivity contribution is 1.27. The first-order valence-electron chi connectivity index (χ1n) is 3.32. The van der Waals surface area contributed by atoms with Crippen molar-refractivity contribution in [1.29, 1.82) is 0 Å². The number of hydrogen-bond donors (Lipinski definition) is 0. The van der Waals surface area contributed by atoms with Crippen molar-refractivity contribution in [3.05, 3.63) is 12.3 Å². The summed E-state index contributed by atoms with van der Waals surface area (Å²) in [5, 5.41) is 0. The monoisotopic (exact) mass is 128 g/mol. The van der Waals surface area contributed by atoms with E-state index in [4.69, 9.17) is 0 Å². The molecule has 0 aliphatic rings. The van der Waals surface area contributed by atoms with E-state index in [2.05, 4.69) is 32.7 Å². The van der Waals surface area contributed by atoms with Gasteiger partial charge in [0.05, 0.1) is 8.07 Å². The van der Waals surface area contributed by atoms with Gasteiger partial charge < -0.3 is 0 Å². The van der Waals surface area contributed by atoms with Gasteiger partial charge in [0.1, 0.15) is 0 Å². The molecule has 0 aromatic rings. The fourth-order valence-corrected chi connectivity index (χ4v) is 1.62. The molecule has 0 nitrogen and oxygen atoms in total. The predicted molar refractivity (Wildman–Crippen MR) is 42.8 cm³/mol. The van der Waals surface area contributed by atoms with Crippen LogP contribution in [-0.4, -0.2) is 8.07 Å². The Bertz CT molecular complexity index is 72.5. The standard InChI is InChI=1S/C7H16Si/c1-5-8(4,6-2)7-3/h5H,1,6-7H2,2-4H3. The van der Waals surface area contributed by atoms with E-state index < -0.39 is 8.07 Å². The second-order valence-electron chi connectivity index (χ2n) is 2.57. The van der Waals surface area contributed by atoms with Crippen LogP contribution in [0.1, 0.15) is 13.8 Å². The zero-order valence-electron chi connectivity index (χ0n) is 6.20. The third-order valence-electron chi connectivity index (χ3n) is 2.11. The summed E-state index contributed by atoms with van der Waals surface area (Å²) < 4.78 is 0. The maximum absolute atomic E-state index is 3.84. The Morgan fingerprint density at radius 3 is 1.75 bits per heavy atom. The minimum atomic E-state index is -0.907. The van der Waals surface area contributed by atoms with Gasteiger partial charge in [-0.25, -0.2) is 0 Å². The Morgan fingerprint density at radius 2 is 1.75 bits per heavy atom. The van der Waals surface area contributed by atoms with Crippen molar-refractivity contribution in [3.8, 4) is 0 Å². The Kier molecular flexibility index (Phi) is 3.06. The van der Waals surface area contributed by atoms with Crippen LogP contribution < -0.4 is 0 Å². The molecule has 0 rings (SSSR count). The van der Waals surface area contributed by atoms with Gasteiger partial charge in [0.2, 0.25) is 0 Å². The summed E-state index contributed by atoms with van der Waals surface area (Å²) in [6, 6.07) is 2.68. The Balaban J connectivity index is 3.76. The Hall–Kier alpha value is -0.0431. The first kappa shape index (κ1) is 7.96. The zero-order chi connectivity index (χ0) is 6.62.